The van der Waals surface area contributed by atoms with Crippen LogP contribution in [0.5, 0.6) is 0 Å². The number of rotatable bonds is 38. The van der Waals surface area contributed by atoms with Crippen molar-refractivity contribution < 1.29 is 77.4 Å². The zero-order valence-corrected chi connectivity index (χ0v) is 41.1. The van der Waals surface area contributed by atoms with Crippen molar-refractivity contribution in [3.63, 3.8) is 0 Å². The minimum absolute atomic E-state index is 0.0183. The Kier molecular flexibility index (Phi) is 30.7. The SMILES string of the molecule is CC(C)(CC(=O)O)CC(C)(C)CC(=O)NCC1CCC(C(=O)N[C@@H](CCC(=O)NCCOCCOCC(=O)NCCOCCOCC(=O)N[C@@H](CCCCNC(=O)CBr)C(=O)O)C(=O)O)CC1. The average Bonchev–Trinajstić information content (AvgIpc) is 3.24. The molecule has 1 rings (SSSR count). The van der Waals surface area contributed by atoms with E-state index >= 15 is 0 Å². The molecule has 1 saturated carbocycles. The van der Waals surface area contributed by atoms with E-state index in [4.69, 9.17) is 18.9 Å². The number of nitrogens with one attached hydrogen (secondary N) is 6. The van der Waals surface area contributed by atoms with Gasteiger partial charge in [0.15, 0.2) is 0 Å². The second kappa shape index (κ2) is 33.9. The normalized spacial score (nSPS) is 15.9. The molecule has 0 aromatic heterocycles. The summed E-state index contributed by atoms with van der Waals surface area (Å²) in [6.07, 6.45) is 4.33. The number of aliphatic carboxylic acids is 3. The Morgan fingerprint density at radius 1 is 0.567 bits per heavy atom. The van der Waals surface area contributed by atoms with Crippen LogP contribution in [-0.4, -0.2) is 165 Å². The molecule has 0 aromatic rings. The fourth-order valence-corrected chi connectivity index (χ4v) is 7.91. The number of amides is 6. The molecule has 384 valence electrons. The van der Waals surface area contributed by atoms with Gasteiger partial charge in [-0.05, 0) is 74.5 Å². The molecule has 1 aliphatic carbocycles. The van der Waals surface area contributed by atoms with Gasteiger partial charge in [-0.2, -0.15) is 0 Å². The third kappa shape index (κ3) is 31.3. The van der Waals surface area contributed by atoms with Crippen LogP contribution in [0.1, 0.15) is 105 Å². The fourth-order valence-electron chi connectivity index (χ4n) is 7.71. The van der Waals surface area contributed by atoms with Crippen LogP contribution in [-0.2, 0) is 62.1 Å². The molecule has 0 radical (unpaired) electrons. The molecular weight excluding hydrogens is 948 g/mol. The maximum atomic E-state index is 13.0. The van der Waals surface area contributed by atoms with Gasteiger partial charge >= 0.3 is 17.9 Å². The molecule has 2 atom stereocenters. The summed E-state index contributed by atoms with van der Waals surface area (Å²) in [5.41, 5.74) is -0.837. The molecule has 0 spiro atoms. The molecule has 1 aliphatic rings. The zero-order valence-electron chi connectivity index (χ0n) is 39.5. The monoisotopic (exact) mass is 1020 g/mol. The van der Waals surface area contributed by atoms with Gasteiger partial charge in [-0.15, -0.1) is 0 Å². The van der Waals surface area contributed by atoms with Crippen LogP contribution in [0.2, 0.25) is 0 Å². The van der Waals surface area contributed by atoms with Gasteiger partial charge in [0.05, 0.1) is 51.4 Å². The summed E-state index contributed by atoms with van der Waals surface area (Å²) < 4.78 is 21.2. The Morgan fingerprint density at radius 2 is 1.09 bits per heavy atom. The number of carbonyl (C=O) groups is 9. The highest BCUT2D eigenvalue weighted by Crippen LogP contribution is 2.38. The summed E-state index contributed by atoms with van der Waals surface area (Å²) in [4.78, 5) is 108. The van der Waals surface area contributed by atoms with Crippen LogP contribution in [0.3, 0.4) is 0 Å². The van der Waals surface area contributed by atoms with E-state index in [1.165, 1.54) is 0 Å². The van der Waals surface area contributed by atoms with E-state index in [-0.39, 0.29) is 144 Å². The summed E-state index contributed by atoms with van der Waals surface area (Å²) in [6.45, 7) is 9.11. The number of halogens is 1. The van der Waals surface area contributed by atoms with Gasteiger partial charge in [-0.25, -0.2) is 9.59 Å². The first-order valence-electron chi connectivity index (χ1n) is 22.8. The van der Waals surface area contributed by atoms with Gasteiger partial charge in [0, 0.05) is 44.9 Å². The number of alkyl halides is 1. The molecule has 6 amide bonds. The molecule has 0 unspecified atom stereocenters. The number of ether oxygens (including phenoxy) is 4. The molecular formula is C44H75BrN6O16. The van der Waals surface area contributed by atoms with Crippen LogP contribution in [0.25, 0.3) is 0 Å². The summed E-state index contributed by atoms with van der Waals surface area (Å²) in [6, 6.07) is -2.31. The molecule has 23 heteroatoms. The Balaban J connectivity index is 2.11. The molecule has 0 aromatic carbocycles. The minimum atomic E-state index is -1.24. The summed E-state index contributed by atoms with van der Waals surface area (Å²) in [5.74, 6) is -5.50. The van der Waals surface area contributed by atoms with Gasteiger partial charge in [-0.1, -0.05) is 43.6 Å². The van der Waals surface area contributed by atoms with Crippen LogP contribution >= 0.6 is 15.9 Å². The average molecular weight is 1020 g/mol. The van der Waals surface area contributed by atoms with E-state index in [0.717, 1.165) is 0 Å². The van der Waals surface area contributed by atoms with Crippen molar-refractivity contribution in [1.29, 1.82) is 0 Å². The smallest absolute Gasteiger partial charge is 0.326 e. The molecule has 0 heterocycles. The van der Waals surface area contributed by atoms with Gasteiger partial charge in [0.25, 0.3) is 0 Å². The van der Waals surface area contributed by atoms with Crippen molar-refractivity contribution in [3.8, 4) is 0 Å². The zero-order chi connectivity index (χ0) is 50.3. The Morgan fingerprint density at radius 3 is 1.66 bits per heavy atom. The first kappa shape index (κ1) is 60.6. The second-order valence-electron chi connectivity index (χ2n) is 18.2. The molecule has 0 bridgehead atoms. The summed E-state index contributed by atoms with van der Waals surface area (Å²) in [7, 11) is 0. The van der Waals surface area contributed by atoms with Crippen LogP contribution in [0, 0.1) is 22.7 Å². The molecule has 0 saturated heterocycles. The number of hydrogen-bond acceptors (Lipinski definition) is 13. The maximum Gasteiger partial charge on any atom is 0.326 e. The van der Waals surface area contributed by atoms with Crippen molar-refractivity contribution in [3.05, 3.63) is 0 Å². The van der Waals surface area contributed by atoms with Crippen molar-refractivity contribution >= 4 is 69.3 Å². The van der Waals surface area contributed by atoms with Gasteiger partial charge < -0.3 is 66.2 Å². The highest BCUT2D eigenvalue weighted by atomic mass is 79.9. The van der Waals surface area contributed by atoms with Crippen molar-refractivity contribution in [1.82, 2.24) is 31.9 Å². The van der Waals surface area contributed by atoms with E-state index in [1.807, 2.05) is 27.7 Å². The first-order valence-corrected chi connectivity index (χ1v) is 24.0. The Labute approximate surface area is 401 Å². The van der Waals surface area contributed by atoms with E-state index in [0.29, 0.717) is 58.0 Å². The van der Waals surface area contributed by atoms with E-state index < -0.39 is 47.2 Å². The van der Waals surface area contributed by atoms with E-state index in [1.54, 1.807) is 0 Å². The lowest BCUT2D eigenvalue weighted by molar-refractivity contribution is -0.143. The number of unbranched alkanes of at least 4 members (excludes halogenated alkanes) is 1. The quantitative estimate of drug-likeness (QED) is 0.0309. The maximum absolute atomic E-state index is 13.0. The Hall–Kier alpha value is -4.45. The van der Waals surface area contributed by atoms with Gasteiger partial charge in [0.2, 0.25) is 35.4 Å². The van der Waals surface area contributed by atoms with Crippen molar-refractivity contribution in [2.24, 2.45) is 22.7 Å². The molecule has 0 aliphatic heterocycles. The van der Waals surface area contributed by atoms with Crippen molar-refractivity contribution in [2.45, 2.75) is 117 Å². The summed E-state index contributed by atoms with van der Waals surface area (Å²) >= 11 is 3.03. The number of carboxylic acid groups (broad SMARTS) is 3. The number of carboxylic acids is 3. The molecule has 67 heavy (non-hydrogen) atoms. The predicted molar refractivity (Wildman–Crippen MR) is 246 cm³/mol. The largest absolute Gasteiger partial charge is 0.481 e. The standard InChI is InChI=1S/C44H75BrN6O16/c1-43(2,29-44(3,4)24-39(57)58)23-35(53)49-26-30-8-10-31(11-9-30)40(59)51-33(42(62)63)12-13-34(52)47-15-17-64-19-21-66-27-37(55)48-16-18-65-20-22-67-28-38(56)50-32(41(60)61)7-5-6-14-46-36(54)25-45/h30-33H,5-29H2,1-4H3,(H,46,54)(H,47,52)(H,48,55)(H,49,53)(H,50,56)(H,51,59)(H,57,58)(H,60,61)(H,62,63)/t30?,31?,32-,33-/m0/s1. The minimum Gasteiger partial charge on any atom is -0.481 e. The molecule has 1 fully saturated rings. The lowest BCUT2D eigenvalue weighted by atomic mass is 9.71. The number of hydrogen-bond donors (Lipinski definition) is 9. The first-order chi connectivity index (χ1) is 31.6. The van der Waals surface area contributed by atoms with Gasteiger partial charge in [0.1, 0.15) is 25.3 Å². The van der Waals surface area contributed by atoms with E-state index in [9.17, 15) is 58.5 Å². The third-order valence-corrected chi connectivity index (χ3v) is 11.2. The highest BCUT2D eigenvalue weighted by molar-refractivity contribution is 9.09. The second-order valence-corrected chi connectivity index (χ2v) is 18.7. The third-order valence-electron chi connectivity index (χ3n) is 10.7. The highest BCUT2D eigenvalue weighted by Gasteiger charge is 2.33. The lowest BCUT2D eigenvalue weighted by Crippen LogP contribution is -2.45. The van der Waals surface area contributed by atoms with Crippen LogP contribution in [0.4, 0.5) is 0 Å². The number of carbonyl (C=O) groups excluding carboxylic acids is 6. The summed E-state index contributed by atoms with van der Waals surface area (Å²) in [5, 5.41) is 44.3. The van der Waals surface area contributed by atoms with Gasteiger partial charge in [-0.3, -0.25) is 33.6 Å². The van der Waals surface area contributed by atoms with Crippen LogP contribution < -0.4 is 31.9 Å². The van der Waals surface area contributed by atoms with E-state index in [2.05, 4.69) is 47.8 Å². The van der Waals surface area contributed by atoms with Crippen molar-refractivity contribution in [2.75, 3.05) is 84.4 Å². The molecule has 22 nitrogen and oxygen atoms in total. The molecule has 9 N–H and O–H groups in total. The lowest BCUT2D eigenvalue weighted by Gasteiger charge is -2.34. The van der Waals surface area contributed by atoms with Crippen LogP contribution in [0.15, 0.2) is 0 Å². The topological polar surface area (TPSA) is 323 Å². The predicted octanol–water partition coefficient (Wildman–Crippen LogP) is 1.12. The Bertz CT molecular complexity index is 1580. The fraction of sp³-hybridized carbons (Fsp3) is 0.795.